The lowest BCUT2D eigenvalue weighted by Crippen LogP contribution is -2.36. The SMILES string of the molecule is C[C@@]1(C2CCCC2)Cc2cc(O[C@H]3CC[C@H](C(=O)OC(=O)CC[C@H](N)C(=O)OC(=O)[C@H]4CC[C@H](Oc5cc6c(c(Cl)c5Cl)C(=O)[C@](C)(C5CCCC5)C6)C4)C3)c(Cl)c(Cl)c2C1=O. The third kappa shape index (κ3) is 8.55. The first-order valence-electron chi connectivity index (χ1n) is 22.2. The van der Waals surface area contributed by atoms with Crippen LogP contribution in [0.1, 0.15) is 148 Å². The molecular formula is C47H53Cl4NO10. The summed E-state index contributed by atoms with van der Waals surface area (Å²) >= 11 is 26.6. The molecule has 11 nitrogen and oxygen atoms in total. The fraction of sp³-hybridized carbons (Fsp3) is 0.617. The number of hydrogen-bond donors (Lipinski definition) is 1. The van der Waals surface area contributed by atoms with Crippen LogP contribution in [-0.2, 0) is 41.5 Å². The Bertz CT molecular complexity index is 2200. The first-order valence-corrected chi connectivity index (χ1v) is 23.7. The lowest BCUT2D eigenvalue weighted by Gasteiger charge is -2.29. The summed E-state index contributed by atoms with van der Waals surface area (Å²) in [5.41, 5.74) is 7.54. The number of carbonyl (C=O) groups excluding carboxylic acids is 6. The Morgan fingerprint density at radius 2 is 1.06 bits per heavy atom. The van der Waals surface area contributed by atoms with Gasteiger partial charge in [-0.05, 0) is 119 Å². The van der Waals surface area contributed by atoms with Crippen LogP contribution in [0.15, 0.2) is 12.1 Å². The van der Waals surface area contributed by atoms with Crippen molar-refractivity contribution >= 4 is 81.8 Å². The Hall–Kier alpha value is -3.22. The van der Waals surface area contributed by atoms with Crippen LogP contribution >= 0.6 is 46.4 Å². The Morgan fingerprint density at radius 3 is 1.50 bits per heavy atom. The van der Waals surface area contributed by atoms with Gasteiger partial charge in [0, 0.05) is 28.4 Å². The molecule has 6 aliphatic rings. The van der Waals surface area contributed by atoms with Crippen molar-refractivity contribution in [1.29, 1.82) is 0 Å². The summed E-state index contributed by atoms with van der Waals surface area (Å²) < 4.78 is 22.7. The Labute approximate surface area is 381 Å². The van der Waals surface area contributed by atoms with Gasteiger partial charge < -0.3 is 24.7 Å². The topological polar surface area (TPSA) is 165 Å². The van der Waals surface area contributed by atoms with E-state index in [9.17, 15) is 28.8 Å². The molecule has 0 bridgehead atoms. The Kier molecular flexibility index (Phi) is 13.2. The van der Waals surface area contributed by atoms with Gasteiger partial charge >= 0.3 is 23.9 Å². The number of benzene rings is 2. The van der Waals surface area contributed by atoms with Gasteiger partial charge in [0.1, 0.15) is 27.6 Å². The highest BCUT2D eigenvalue weighted by atomic mass is 35.5. The van der Waals surface area contributed by atoms with Gasteiger partial charge in [0.2, 0.25) is 0 Å². The third-order valence-electron chi connectivity index (χ3n) is 15.0. The molecule has 15 heteroatoms. The van der Waals surface area contributed by atoms with E-state index in [1.807, 2.05) is 13.8 Å². The Balaban J connectivity index is 0.767. The van der Waals surface area contributed by atoms with E-state index in [0.717, 1.165) is 62.5 Å². The summed E-state index contributed by atoms with van der Waals surface area (Å²) in [6.07, 6.45) is 10.7. The second-order valence-corrected chi connectivity index (χ2v) is 20.6. The minimum atomic E-state index is -1.31. The van der Waals surface area contributed by atoms with E-state index < -0.39 is 64.8 Å². The van der Waals surface area contributed by atoms with Gasteiger partial charge in [-0.1, -0.05) is 85.9 Å². The van der Waals surface area contributed by atoms with E-state index in [2.05, 4.69) is 0 Å². The second-order valence-electron chi connectivity index (χ2n) is 19.1. The van der Waals surface area contributed by atoms with E-state index in [1.165, 1.54) is 0 Å². The molecule has 4 saturated carbocycles. The maximum absolute atomic E-state index is 13.6. The molecule has 334 valence electrons. The van der Waals surface area contributed by atoms with E-state index in [0.29, 0.717) is 73.0 Å². The number of halogens is 4. The predicted octanol–water partition coefficient (Wildman–Crippen LogP) is 10.2. The number of esters is 4. The van der Waals surface area contributed by atoms with Crippen LogP contribution in [-0.4, -0.2) is 53.7 Å². The predicted molar refractivity (Wildman–Crippen MR) is 232 cm³/mol. The third-order valence-corrected chi connectivity index (χ3v) is 16.7. The molecule has 0 spiro atoms. The zero-order chi connectivity index (χ0) is 44.2. The average Bonchev–Trinajstić information content (AvgIpc) is 4.10. The van der Waals surface area contributed by atoms with Crippen molar-refractivity contribution in [3.05, 3.63) is 54.5 Å². The lowest BCUT2D eigenvalue weighted by molar-refractivity contribution is -0.163. The maximum Gasteiger partial charge on any atom is 0.330 e. The number of nitrogens with two attached hydrogens (primary N) is 1. The number of Topliss-reactive ketones (excluding diaryl/α,β-unsaturated/α-hetero) is 2. The summed E-state index contributed by atoms with van der Waals surface area (Å²) in [4.78, 5) is 78.5. The number of carbonyl (C=O) groups is 6. The summed E-state index contributed by atoms with van der Waals surface area (Å²) in [5, 5.41) is 0.707. The molecule has 2 aromatic rings. The summed E-state index contributed by atoms with van der Waals surface area (Å²) in [7, 11) is 0. The maximum atomic E-state index is 13.6. The molecule has 8 rings (SSSR count). The monoisotopic (exact) mass is 931 g/mol. The van der Waals surface area contributed by atoms with Crippen molar-refractivity contribution < 1.29 is 47.7 Å². The number of ketones is 2. The summed E-state index contributed by atoms with van der Waals surface area (Å²) in [6.45, 7) is 4.04. The van der Waals surface area contributed by atoms with Crippen molar-refractivity contribution in [2.45, 2.75) is 148 Å². The molecule has 0 aliphatic heterocycles. The molecule has 2 N–H and O–H groups in total. The summed E-state index contributed by atoms with van der Waals surface area (Å²) in [6, 6.07) is 2.29. The standard InChI is InChI=1S/C47H53Cl4NO10/c1-46(27-7-3-4-8-27)21-25-19-32(37(48)39(50)35(25)41(46)54)59-29-13-11-23(17-29)43(56)61-34(53)16-15-31(52)45(58)62-44(57)24-12-14-30(18-24)60-33-20-26-22-47(2,28-9-5-6-10-28)42(55)36(26)40(51)38(33)49/h19-20,23-24,27-31H,3-18,21-22,52H2,1-2H3/t23-,24-,29-,30-,31-,46-,47-/m0/s1. The van der Waals surface area contributed by atoms with E-state index in [-0.39, 0.29) is 57.3 Å². The van der Waals surface area contributed by atoms with Gasteiger partial charge in [0.25, 0.3) is 0 Å². The molecule has 0 unspecified atom stereocenters. The van der Waals surface area contributed by atoms with Gasteiger partial charge in [-0.2, -0.15) is 0 Å². The zero-order valence-corrected chi connectivity index (χ0v) is 38.1. The fourth-order valence-electron chi connectivity index (χ4n) is 11.3. The van der Waals surface area contributed by atoms with Crippen LogP contribution < -0.4 is 15.2 Å². The second kappa shape index (κ2) is 18.0. The van der Waals surface area contributed by atoms with E-state index in [4.69, 9.17) is 71.1 Å². The van der Waals surface area contributed by atoms with Crippen molar-refractivity contribution in [3.63, 3.8) is 0 Å². The number of fused-ring (bicyclic) bond motifs is 2. The number of hydrogen-bond acceptors (Lipinski definition) is 11. The van der Waals surface area contributed by atoms with Crippen LogP contribution in [0.25, 0.3) is 0 Å². The molecule has 62 heavy (non-hydrogen) atoms. The van der Waals surface area contributed by atoms with Crippen LogP contribution in [0.4, 0.5) is 0 Å². The highest BCUT2D eigenvalue weighted by Crippen LogP contribution is 2.54. The number of rotatable bonds is 12. The van der Waals surface area contributed by atoms with Crippen LogP contribution in [0.5, 0.6) is 11.5 Å². The quantitative estimate of drug-likeness (QED) is 0.159. The molecule has 0 radical (unpaired) electrons. The normalized spacial score (nSPS) is 28.9. The molecule has 7 atom stereocenters. The van der Waals surface area contributed by atoms with E-state index >= 15 is 0 Å². The molecule has 0 amide bonds. The van der Waals surface area contributed by atoms with Crippen LogP contribution in [0.3, 0.4) is 0 Å². The van der Waals surface area contributed by atoms with Crippen molar-refractivity contribution in [2.75, 3.05) is 0 Å². The van der Waals surface area contributed by atoms with Crippen molar-refractivity contribution in [3.8, 4) is 11.5 Å². The van der Waals surface area contributed by atoms with Crippen molar-refractivity contribution in [1.82, 2.24) is 0 Å². The van der Waals surface area contributed by atoms with Gasteiger partial charge in [-0.3, -0.25) is 24.0 Å². The molecule has 2 aromatic carbocycles. The van der Waals surface area contributed by atoms with Crippen LogP contribution in [0, 0.1) is 34.5 Å². The van der Waals surface area contributed by atoms with E-state index in [1.54, 1.807) is 12.1 Å². The first kappa shape index (κ1) is 45.4. The highest BCUT2D eigenvalue weighted by molar-refractivity contribution is 6.46. The molecule has 0 saturated heterocycles. The number of ether oxygens (including phenoxy) is 4. The molecule has 0 aromatic heterocycles. The minimum absolute atomic E-state index is 0.0331. The molecule has 0 heterocycles. The van der Waals surface area contributed by atoms with Gasteiger partial charge in [-0.15, -0.1) is 0 Å². The zero-order valence-electron chi connectivity index (χ0n) is 35.1. The largest absolute Gasteiger partial charge is 0.489 e. The highest BCUT2D eigenvalue weighted by Gasteiger charge is 2.51. The van der Waals surface area contributed by atoms with Crippen molar-refractivity contribution in [2.24, 2.45) is 40.2 Å². The minimum Gasteiger partial charge on any atom is -0.489 e. The smallest absolute Gasteiger partial charge is 0.330 e. The average molecular weight is 934 g/mol. The summed E-state index contributed by atoms with van der Waals surface area (Å²) in [5.74, 6) is -3.15. The van der Waals surface area contributed by atoms with Gasteiger partial charge in [0.15, 0.2) is 11.6 Å². The molecule has 4 fully saturated rings. The first-order chi connectivity index (χ1) is 29.5. The molecular weight excluding hydrogens is 880 g/mol. The van der Waals surface area contributed by atoms with Crippen LogP contribution in [0.2, 0.25) is 20.1 Å². The lowest BCUT2D eigenvalue weighted by atomic mass is 9.73. The fourth-order valence-corrected chi connectivity index (χ4v) is 12.3. The molecule has 6 aliphatic carbocycles. The van der Waals surface area contributed by atoms with Gasteiger partial charge in [-0.25, -0.2) is 4.79 Å². The Morgan fingerprint density at radius 1 is 0.645 bits per heavy atom. The van der Waals surface area contributed by atoms with Gasteiger partial charge in [0.05, 0.1) is 34.1 Å².